The van der Waals surface area contributed by atoms with Crippen molar-refractivity contribution < 1.29 is 19.7 Å². The standard InChI is InChI=1S/C12H18ClN3O4/c1-2-3-16-4-7(13)10(15-16)12(19)14-8-5-20-6-9(17)11(8)18/h4,8-9,11,17-18H,2-3,5-6H2,1H3,(H,14,19)/t8-,9-,11+/m1/s1. The van der Waals surface area contributed by atoms with Gasteiger partial charge < -0.3 is 20.3 Å². The number of ether oxygens (including phenoxy) is 1. The van der Waals surface area contributed by atoms with Crippen molar-refractivity contribution in [1.82, 2.24) is 15.1 Å². The van der Waals surface area contributed by atoms with E-state index in [1.807, 2.05) is 6.92 Å². The molecule has 20 heavy (non-hydrogen) atoms. The number of nitrogens with zero attached hydrogens (tertiary/aromatic N) is 2. The van der Waals surface area contributed by atoms with Crippen LogP contribution in [0.3, 0.4) is 0 Å². The van der Waals surface area contributed by atoms with E-state index in [1.54, 1.807) is 10.9 Å². The number of carbonyl (C=O) groups is 1. The zero-order valence-electron chi connectivity index (χ0n) is 11.1. The van der Waals surface area contributed by atoms with E-state index in [2.05, 4.69) is 10.4 Å². The van der Waals surface area contributed by atoms with Gasteiger partial charge in [-0.15, -0.1) is 0 Å². The molecule has 0 radical (unpaired) electrons. The Morgan fingerprint density at radius 2 is 2.35 bits per heavy atom. The van der Waals surface area contributed by atoms with E-state index in [0.29, 0.717) is 6.54 Å². The maximum absolute atomic E-state index is 12.1. The Morgan fingerprint density at radius 1 is 1.60 bits per heavy atom. The number of aromatic nitrogens is 2. The minimum atomic E-state index is -1.07. The lowest BCUT2D eigenvalue weighted by Crippen LogP contribution is -2.55. The number of aliphatic hydroxyl groups is 2. The van der Waals surface area contributed by atoms with Crippen molar-refractivity contribution in [3.63, 3.8) is 0 Å². The Morgan fingerprint density at radius 3 is 3.05 bits per heavy atom. The number of hydrogen-bond acceptors (Lipinski definition) is 5. The second kappa shape index (κ2) is 6.53. The fourth-order valence-corrected chi connectivity index (χ4v) is 2.28. The Bertz CT molecular complexity index is 479. The summed E-state index contributed by atoms with van der Waals surface area (Å²) in [5, 5.41) is 26.2. The minimum absolute atomic E-state index is 0.0550. The zero-order valence-corrected chi connectivity index (χ0v) is 11.9. The summed E-state index contributed by atoms with van der Waals surface area (Å²) < 4.78 is 6.69. The Labute approximate surface area is 121 Å². The molecule has 1 aliphatic heterocycles. The van der Waals surface area contributed by atoms with Crippen LogP contribution in [0.2, 0.25) is 5.02 Å². The number of aliphatic hydroxyl groups excluding tert-OH is 2. The summed E-state index contributed by atoms with van der Waals surface area (Å²) in [5.74, 6) is -0.494. The summed E-state index contributed by atoms with van der Waals surface area (Å²) in [7, 11) is 0. The molecule has 1 saturated heterocycles. The van der Waals surface area contributed by atoms with Gasteiger partial charge in [0.25, 0.3) is 5.91 Å². The highest BCUT2D eigenvalue weighted by atomic mass is 35.5. The molecule has 0 saturated carbocycles. The van der Waals surface area contributed by atoms with Gasteiger partial charge in [0, 0.05) is 12.7 Å². The first-order chi connectivity index (χ1) is 9.52. The predicted octanol–water partition coefficient (Wildman–Crippen LogP) is -0.203. The van der Waals surface area contributed by atoms with E-state index in [4.69, 9.17) is 16.3 Å². The number of rotatable bonds is 4. The molecule has 7 nitrogen and oxygen atoms in total. The molecule has 1 aromatic rings. The highest BCUT2D eigenvalue weighted by molar-refractivity contribution is 6.33. The highest BCUT2D eigenvalue weighted by Crippen LogP contribution is 2.15. The van der Waals surface area contributed by atoms with Gasteiger partial charge in [-0.25, -0.2) is 0 Å². The van der Waals surface area contributed by atoms with Crippen LogP contribution in [0.5, 0.6) is 0 Å². The number of carbonyl (C=O) groups excluding carboxylic acids is 1. The molecule has 0 bridgehead atoms. The van der Waals surface area contributed by atoms with Crippen molar-refractivity contribution in [1.29, 1.82) is 0 Å². The van der Waals surface area contributed by atoms with Crippen LogP contribution >= 0.6 is 11.6 Å². The first kappa shape index (κ1) is 15.2. The molecule has 3 N–H and O–H groups in total. The molecule has 2 rings (SSSR count). The predicted molar refractivity (Wildman–Crippen MR) is 71.6 cm³/mol. The summed E-state index contributed by atoms with van der Waals surface area (Å²) in [6, 6.07) is -0.682. The Kier molecular flexibility index (Phi) is 4.98. The fourth-order valence-electron chi connectivity index (χ4n) is 2.04. The molecule has 1 aliphatic rings. The Hall–Kier alpha value is -1.15. The van der Waals surface area contributed by atoms with Crippen LogP contribution in [0, 0.1) is 0 Å². The lowest BCUT2D eigenvalue weighted by Gasteiger charge is -2.32. The van der Waals surface area contributed by atoms with Crippen molar-refractivity contribution in [2.24, 2.45) is 0 Å². The summed E-state index contributed by atoms with van der Waals surface area (Å²) in [5.41, 5.74) is 0.104. The third-order valence-corrected chi connectivity index (χ3v) is 3.37. The van der Waals surface area contributed by atoms with Gasteiger partial charge in [-0.1, -0.05) is 18.5 Å². The molecule has 0 unspecified atom stereocenters. The molecule has 112 valence electrons. The number of hydrogen-bond donors (Lipinski definition) is 3. The van der Waals surface area contributed by atoms with E-state index in [0.717, 1.165) is 6.42 Å². The molecule has 1 aromatic heterocycles. The van der Waals surface area contributed by atoms with Crippen LogP contribution in [0.4, 0.5) is 0 Å². The summed E-state index contributed by atoms with van der Waals surface area (Å²) in [6.07, 6.45) is 0.384. The van der Waals surface area contributed by atoms with Gasteiger partial charge in [-0.2, -0.15) is 5.10 Å². The summed E-state index contributed by atoms with van der Waals surface area (Å²) in [4.78, 5) is 12.1. The van der Waals surface area contributed by atoms with Gasteiger partial charge in [0.05, 0.1) is 24.3 Å². The topological polar surface area (TPSA) is 96.6 Å². The van der Waals surface area contributed by atoms with E-state index in [-0.39, 0.29) is 23.9 Å². The SMILES string of the molecule is CCCn1cc(Cl)c(C(=O)N[C@@H]2COC[C@@H](O)[C@H]2O)n1. The van der Waals surface area contributed by atoms with Crippen LogP contribution in [-0.2, 0) is 11.3 Å². The third kappa shape index (κ3) is 3.29. The van der Waals surface area contributed by atoms with Gasteiger partial charge in [0.15, 0.2) is 5.69 Å². The molecular weight excluding hydrogens is 286 g/mol. The van der Waals surface area contributed by atoms with Crippen LogP contribution in [0.15, 0.2) is 6.20 Å². The zero-order chi connectivity index (χ0) is 14.7. The van der Waals surface area contributed by atoms with Crippen molar-refractivity contribution in [2.45, 2.75) is 38.1 Å². The van der Waals surface area contributed by atoms with Crippen molar-refractivity contribution in [2.75, 3.05) is 13.2 Å². The van der Waals surface area contributed by atoms with Gasteiger partial charge in [-0.3, -0.25) is 9.48 Å². The first-order valence-electron chi connectivity index (χ1n) is 6.50. The summed E-state index contributed by atoms with van der Waals surface area (Å²) in [6.45, 7) is 2.85. The Balaban J connectivity index is 2.04. The average Bonchev–Trinajstić information content (AvgIpc) is 2.76. The largest absolute Gasteiger partial charge is 0.388 e. The number of amides is 1. The second-order valence-electron chi connectivity index (χ2n) is 4.76. The van der Waals surface area contributed by atoms with Gasteiger partial charge in [0.2, 0.25) is 0 Å². The molecule has 8 heteroatoms. The normalized spacial score (nSPS) is 26.5. The molecule has 1 fully saturated rings. The van der Waals surface area contributed by atoms with Crippen molar-refractivity contribution in [3.8, 4) is 0 Å². The van der Waals surface area contributed by atoms with Gasteiger partial charge in [0.1, 0.15) is 12.2 Å². The van der Waals surface area contributed by atoms with Gasteiger partial charge in [-0.05, 0) is 6.42 Å². The third-order valence-electron chi connectivity index (χ3n) is 3.09. The molecule has 0 aliphatic carbocycles. The van der Waals surface area contributed by atoms with Crippen LogP contribution in [0.25, 0.3) is 0 Å². The summed E-state index contributed by atoms with van der Waals surface area (Å²) >= 11 is 5.97. The van der Waals surface area contributed by atoms with Crippen molar-refractivity contribution >= 4 is 17.5 Å². The smallest absolute Gasteiger partial charge is 0.273 e. The number of halogens is 1. The second-order valence-corrected chi connectivity index (χ2v) is 5.17. The maximum atomic E-state index is 12.1. The lowest BCUT2D eigenvalue weighted by atomic mass is 10.0. The van der Waals surface area contributed by atoms with E-state index in [9.17, 15) is 15.0 Å². The molecule has 1 amide bonds. The van der Waals surface area contributed by atoms with E-state index < -0.39 is 24.2 Å². The number of aryl methyl sites for hydroxylation is 1. The molecular formula is C12H18ClN3O4. The maximum Gasteiger partial charge on any atom is 0.273 e. The van der Waals surface area contributed by atoms with Crippen molar-refractivity contribution in [3.05, 3.63) is 16.9 Å². The molecule has 0 spiro atoms. The van der Waals surface area contributed by atoms with Crippen LogP contribution in [-0.4, -0.2) is 57.4 Å². The average molecular weight is 304 g/mol. The lowest BCUT2D eigenvalue weighted by molar-refractivity contribution is -0.102. The van der Waals surface area contributed by atoms with E-state index >= 15 is 0 Å². The minimum Gasteiger partial charge on any atom is -0.388 e. The molecule has 0 aromatic carbocycles. The highest BCUT2D eigenvalue weighted by Gasteiger charge is 2.33. The first-order valence-corrected chi connectivity index (χ1v) is 6.88. The van der Waals surface area contributed by atoms with E-state index in [1.165, 1.54) is 0 Å². The van der Waals surface area contributed by atoms with Gasteiger partial charge >= 0.3 is 0 Å². The van der Waals surface area contributed by atoms with Crippen LogP contribution in [0.1, 0.15) is 23.8 Å². The quantitative estimate of drug-likeness (QED) is 0.715. The fraction of sp³-hybridized carbons (Fsp3) is 0.667. The molecule has 2 heterocycles. The monoisotopic (exact) mass is 303 g/mol. The molecule has 3 atom stereocenters. The number of nitrogens with one attached hydrogen (secondary N) is 1. The van der Waals surface area contributed by atoms with Crippen LogP contribution < -0.4 is 5.32 Å².